The van der Waals surface area contributed by atoms with Gasteiger partial charge in [0, 0.05) is 51.7 Å². The Morgan fingerprint density at radius 1 is 1.25 bits per heavy atom. The fourth-order valence-electron chi connectivity index (χ4n) is 4.06. The van der Waals surface area contributed by atoms with Gasteiger partial charge in [0.2, 0.25) is 0 Å². The molecule has 1 aromatic rings. The van der Waals surface area contributed by atoms with E-state index in [1.165, 1.54) is 5.69 Å². The van der Waals surface area contributed by atoms with Crippen LogP contribution in [0, 0.1) is 0 Å². The predicted molar refractivity (Wildman–Crippen MR) is 89.5 cm³/mol. The van der Waals surface area contributed by atoms with Crippen molar-refractivity contribution in [2.75, 3.05) is 39.8 Å². The molecule has 3 aliphatic rings. The van der Waals surface area contributed by atoms with Crippen molar-refractivity contribution >= 4 is 0 Å². The second-order valence-corrected chi connectivity index (χ2v) is 7.21. The molecule has 7 heteroatoms. The van der Waals surface area contributed by atoms with Crippen molar-refractivity contribution in [3.05, 3.63) is 24.0 Å². The van der Waals surface area contributed by atoms with Crippen molar-refractivity contribution in [2.24, 2.45) is 7.05 Å². The van der Waals surface area contributed by atoms with Gasteiger partial charge in [-0.05, 0) is 19.2 Å². The fraction of sp³-hybridized carbons (Fsp3) is 0.765. The number of aliphatic hydroxyl groups is 1. The third-order valence-corrected chi connectivity index (χ3v) is 5.66. The van der Waals surface area contributed by atoms with Crippen molar-refractivity contribution in [2.45, 2.75) is 37.1 Å². The quantitative estimate of drug-likeness (QED) is 0.752. The Morgan fingerprint density at radius 3 is 2.75 bits per heavy atom. The molecule has 2 N–H and O–H groups in total. The van der Waals surface area contributed by atoms with E-state index in [2.05, 4.69) is 32.8 Å². The highest BCUT2D eigenvalue weighted by Crippen LogP contribution is 2.32. The van der Waals surface area contributed by atoms with Crippen molar-refractivity contribution in [3.8, 4) is 0 Å². The number of aryl methyl sites for hydroxylation is 1. The number of nitrogens with one attached hydrogen (secondary N) is 1. The lowest BCUT2D eigenvalue weighted by molar-refractivity contribution is -0.186. The molecule has 4 rings (SSSR count). The van der Waals surface area contributed by atoms with Gasteiger partial charge in [-0.25, -0.2) is 0 Å². The minimum absolute atomic E-state index is 0.0750. The number of ether oxygens (including phenoxy) is 2. The molecule has 0 unspecified atom stereocenters. The summed E-state index contributed by atoms with van der Waals surface area (Å²) in [5.74, 6) is 0. The molecule has 0 spiro atoms. The summed E-state index contributed by atoms with van der Waals surface area (Å²) >= 11 is 0. The maximum absolute atomic E-state index is 11.0. The molecule has 0 aromatic carbocycles. The van der Waals surface area contributed by atoms with Gasteiger partial charge in [-0.1, -0.05) is 0 Å². The van der Waals surface area contributed by atoms with E-state index in [1.807, 2.05) is 19.3 Å². The van der Waals surface area contributed by atoms with Gasteiger partial charge in [0.1, 0.15) is 6.10 Å². The monoisotopic (exact) mass is 336 g/mol. The van der Waals surface area contributed by atoms with Crippen LogP contribution < -0.4 is 5.32 Å². The van der Waals surface area contributed by atoms with Crippen LogP contribution in [-0.4, -0.2) is 89.9 Å². The summed E-state index contributed by atoms with van der Waals surface area (Å²) in [6.45, 7) is 5.18. The predicted octanol–water partition coefficient (Wildman–Crippen LogP) is -0.785. The number of fused-ring (bicyclic) bond motifs is 2. The number of aromatic nitrogens is 1. The van der Waals surface area contributed by atoms with E-state index in [0.717, 1.165) is 26.2 Å². The SMILES string of the molecule is CN1CCN([C@H]2[C@@H]3OC[C@H](O3)[C@H](NCc3cccn3C)[C@@H]2O)CC1. The average molecular weight is 336 g/mol. The Balaban J connectivity index is 1.45. The van der Waals surface area contributed by atoms with Gasteiger partial charge in [0.15, 0.2) is 6.29 Å². The number of piperazine rings is 1. The first-order chi connectivity index (χ1) is 11.6. The number of hydrogen-bond acceptors (Lipinski definition) is 6. The summed E-state index contributed by atoms with van der Waals surface area (Å²) in [7, 11) is 4.17. The molecule has 0 aliphatic carbocycles. The van der Waals surface area contributed by atoms with E-state index < -0.39 is 6.10 Å². The van der Waals surface area contributed by atoms with Crippen molar-refractivity contribution < 1.29 is 14.6 Å². The zero-order chi connectivity index (χ0) is 16.7. The molecule has 5 atom stereocenters. The molecule has 3 fully saturated rings. The third-order valence-electron chi connectivity index (χ3n) is 5.66. The number of nitrogens with zero attached hydrogens (tertiary/aromatic N) is 3. The van der Waals surface area contributed by atoms with Gasteiger partial charge in [0.05, 0.1) is 24.8 Å². The van der Waals surface area contributed by atoms with E-state index in [9.17, 15) is 5.11 Å². The Labute approximate surface area is 143 Å². The molecule has 3 saturated heterocycles. The molecule has 134 valence electrons. The van der Waals surface area contributed by atoms with E-state index in [1.54, 1.807) is 0 Å². The second-order valence-electron chi connectivity index (χ2n) is 7.21. The van der Waals surface area contributed by atoms with Gasteiger partial charge in [-0.2, -0.15) is 0 Å². The lowest BCUT2D eigenvalue weighted by atomic mass is 9.94. The number of hydrogen-bond donors (Lipinski definition) is 2. The van der Waals surface area contributed by atoms with Gasteiger partial charge in [-0.15, -0.1) is 0 Å². The molecule has 0 saturated carbocycles. The maximum atomic E-state index is 11.0. The highest BCUT2D eigenvalue weighted by molar-refractivity contribution is 5.08. The molecule has 2 bridgehead atoms. The molecular weight excluding hydrogens is 308 g/mol. The zero-order valence-corrected chi connectivity index (χ0v) is 14.5. The largest absolute Gasteiger partial charge is 0.390 e. The Bertz CT molecular complexity index is 558. The first-order valence-electron chi connectivity index (χ1n) is 8.85. The van der Waals surface area contributed by atoms with Crippen LogP contribution in [0.5, 0.6) is 0 Å². The summed E-state index contributed by atoms with van der Waals surface area (Å²) in [6, 6.07) is 3.92. The molecule has 7 nitrogen and oxygen atoms in total. The van der Waals surface area contributed by atoms with Crippen LogP contribution in [-0.2, 0) is 23.1 Å². The lowest BCUT2D eigenvalue weighted by Crippen LogP contribution is -2.66. The Kier molecular flexibility index (Phi) is 4.64. The summed E-state index contributed by atoms with van der Waals surface area (Å²) in [5.41, 5.74) is 1.19. The van der Waals surface area contributed by atoms with Crippen molar-refractivity contribution in [1.82, 2.24) is 19.7 Å². The third kappa shape index (κ3) is 3.00. The van der Waals surface area contributed by atoms with Gasteiger partial charge in [-0.3, -0.25) is 4.90 Å². The molecule has 3 aliphatic heterocycles. The number of rotatable bonds is 4. The summed E-state index contributed by atoms with van der Waals surface area (Å²) in [4.78, 5) is 4.64. The minimum atomic E-state index is -0.486. The van der Waals surface area contributed by atoms with E-state index in [-0.39, 0.29) is 24.5 Å². The summed E-state index contributed by atoms with van der Waals surface area (Å²) in [5, 5.41) is 14.5. The summed E-state index contributed by atoms with van der Waals surface area (Å²) < 4.78 is 14.0. The maximum Gasteiger partial charge on any atom is 0.176 e. The number of likely N-dealkylation sites (N-methyl/N-ethyl adjacent to an activating group) is 1. The normalized spacial score (nSPS) is 37.9. The Hall–Kier alpha value is -0.960. The first kappa shape index (κ1) is 16.5. The molecule has 1 aromatic heterocycles. The molecule has 24 heavy (non-hydrogen) atoms. The van der Waals surface area contributed by atoms with Gasteiger partial charge < -0.3 is 29.4 Å². The summed E-state index contributed by atoms with van der Waals surface area (Å²) in [6.07, 6.45) is 1.17. The van der Waals surface area contributed by atoms with Crippen LogP contribution in [0.15, 0.2) is 18.3 Å². The van der Waals surface area contributed by atoms with Crippen LogP contribution in [0.1, 0.15) is 5.69 Å². The van der Waals surface area contributed by atoms with E-state index in [4.69, 9.17) is 9.47 Å². The smallest absolute Gasteiger partial charge is 0.176 e. The minimum Gasteiger partial charge on any atom is -0.390 e. The molecule has 0 amide bonds. The van der Waals surface area contributed by atoms with Crippen LogP contribution in [0.2, 0.25) is 0 Å². The molecular formula is C17H28N4O3. The van der Waals surface area contributed by atoms with E-state index in [0.29, 0.717) is 13.2 Å². The van der Waals surface area contributed by atoms with Gasteiger partial charge in [0.25, 0.3) is 0 Å². The first-order valence-corrected chi connectivity index (χ1v) is 8.85. The van der Waals surface area contributed by atoms with Crippen LogP contribution >= 0.6 is 0 Å². The topological polar surface area (TPSA) is 62.1 Å². The van der Waals surface area contributed by atoms with Crippen LogP contribution in [0.3, 0.4) is 0 Å². The highest BCUT2D eigenvalue weighted by atomic mass is 16.7. The van der Waals surface area contributed by atoms with Crippen molar-refractivity contribution in [3.63, 3.8) is 0 Å². The van der Waals surface area contributed by atoms with Crippen molar-refractivity contribution in [1.29, 1.82) is 0 Å². The van der Waals surface area contributed by atoms with E-state index >= 15 is 0 Å². The van der Waals surface area contributed by atoms with Crippen LogP contribution in [0.4, 0.5) is 0 Å². The molecule has 0 radical (unpaired) electrons. The second kappa shape index (κ2) is 6.74. The lowest BCUT2D eigenvalue weighted by Gasteiger charge is -2.46. The zero-order valence-electron chi connectivity index (χ0n) is 14.5. The highest BCUT2D eigenvalue weighted by Gasteiger charge is 2.52. The Morgan fingerprint density at radius 2 is 2.04 bits per heavy atom. The van der Waals surface area contributed by atoms with Crippen LogP contribution in [0.25, 0.3) is 0 Å². The standard InChI is InChI=1S/C17H28N4O3/c1-19-6-8-21(9-7-19)15-16(22)14(13-11-23-17(15)24-13)18-10-12-4-3-5-20(12)2/h3-5,13-18,22H,6-11H2,1-2H3/t13-,14-,15+,16-,17+/m0/s1. The molecule has 4 heterocycles. The van der Waals surface area contributed by atoms with Gasteiger partial charge >= 0.3 is 0 Å². The average Bonchev–Trinajstić information content (AvgIpc) is 3.17. The number of aliphatic hydroxyl groups excluding tert-OH is 1. The fourth-order valence-corrected chi connectivity index (χ4v) is 4.06.